The van der Waals surface area contributed by atoms with Gasteiger partial charge in [-0.15, -0.1) is 11.8 Å². The molecule has 0 spiro atoms. The van der Waals surface area contributed by atoms with Crippen molar-refractivity contribution in [3.05, 3.63) is 23.3 Å². The second-order valence-electron chi connectivity index (χ2n) is 8.81. The number of aliphatic imine (C=N–C) groups is 1. The number of carboxylic acid groups (broad SMARTS) is 1. The number of likely N-dealkylation sites (tertiary alicyclic amines) is 2. The van der Waals surface area contributed by atoms with E-state index in [-0.39, 0.29) is 28.9 Å². The van der Waals surface area contributed by atoms with E-state index in [1.165, 1.54) is 7.11 Å². The van der Waals surface area contributed by atoms with Crippen LogP contribution in [0.15, 0.2) is 17.1 Å². The van der Waals surface area contributed by atoms with E-state index in [2.05, 4.69) is 9.89 Å². The number of carbonyl (C=O) groups is 2. The Labute approximate surface area is 208 Å². The third-order valence-corrected chi connectivity index (χ3v) is 8.36. The Kier molecular flexibility index (Phi) is 8.15. The van der Waals surface area contributed by atoms with E-state index in [1.54, 1.807) is 29.6 Å². The van der Waals surface area contributed by atoms with Crippen LogP contribution in [-0.2, 0) is 11.2 Å². The number of hydrogen-bond donors (Lipinski definition) is 2. The Balaban J connectivity index is 1.37. The third kappa shape index (κ3) is 5.75. The summed E-state index contributed by atoms with van der Waals surface area (Å²) in [7, 11) is 1.48. The molecule has 0 bridgehead atoms. The van der Waals surface area contributed by atoms with E-state index in [9.17, 15) is 14.7 Å². The zero-order valence-electron chi connectivity index (χ0n) is 19.6. The lowest BCUT2D eigenvalue weighted by atomic mass is 10.0. The van der Waals surface area contributed by atoms with Gasteiger partial charge in [0.05, 0.1) is 32.5 Å². The van der Waals surface area contributed by atoms with Gasteiger partial charge >= 0.3 is 5.97 Å². The first kappa shape index (κ1) is 25.0. The normalized spacial score (nSPS) is 21.3. The Morgan fingerprint density at radius 3 is 2.76 bits per heavy atom. The van der Waals surface area contributed by atoms with E-state index in [0.29, 0.717) is 43.3 Å². The van der Waals surface area contributed by atoms with Crippen LogP contribution in [0.3, 0.4) is 0 Å². The van der Waals surface area contributed by atoms with Gasteiger partial charge in [-0.2, -0.15) is 0 Å². The highest BCUT2D eigenvalue weighted by Gasteiger charge is 2.34. The fourth-order valence-electron chi connectivity index (χ4n) is 4.35. The number of rotatable bonds is 9. The monoisotopic (exact) mass is 508 g/mol. The standard InChI is InChI=1S/C23H32N4O5S2/c1-14(34-13-19(28)26-7-5-16(24)10-26)9-15-3-4-18(20(22(29)30)21(15)31-2)32-17-11-27(12-17)23-25-6-8-33-23/h3-4,14,16-17H,5-13,24H2,1-2H3,(H,29,30). The minimum absolute atomic E-state index is 0.0466. The van der Waals surface area contributed by atoms with Crippen LogP contribution in [0.4, 0.5) is 0 Å². The average molecular weight is 509 g/mol. The van der Waals surface area contributed by atoms with Gasteiger partial charge in [0.25, 0.3) is 0 Å². The molecule has 1 aromatic rings. The summed E-state index contributed by atoms with van der Waals surface area (Å²) in [6, 6.07) is 3.66. The van der Waals surface area contributed by atoms with Crippen molar-refractivity contribution >= 4 is 40.6 Å². The van der Waals surface area contributed by atoms with Crippen molar-refractivity contribution in [1.29, 1.82) is 0 Å². The highest BCUT2D eigenvalue weighted by molar-refractivity contribution is 8.14. The number of amidine groups is 1. The summed E-state index contributed by atoms with van der Waals surface area (Å²) in [5.74, 6) is 1.05. The summed E-state index contributed by atoms with van der Waals surface area (Å²) in [5, 5.41) is 11.1. The molecule has 34 heavy (non-hydrogen) atoms. The maximum Gasteiger partial charge on any atom is 0.343 e. The van der Waals surface area contributed by atoms with Crippen molar-refractivity contribution in [3.8, 4) is 11.5 Å². The molecular formula is C23H32N4O5S2. The molecule has 3 heterocycles. The van der Waals surface area contributed by atoms with Crippen molar-refractivity contribution in [2.24, 2.45) is 10.7 Å². The molecule has 0 aliphatic carbocycles. The second kappa shape index (κ2) is 11.1. The molecule has 0 aromatic heterocycles. The SMILES string of the molecule is COc1c(CC(C)SCC(=O)N2CCC(N)C2)ccc(OC2CN(C3=NCCS3)C2)c1C(=O)O. The molecule has 2 unspecified atom stereocenters. The first-order chi connectivity index (χ1) is 16.4. The van der Waals surface area contributed by atoms with E-state index in [0.717, 1.165) is 36.0 Å². The first-order valence-electron chi connectivity index (χ1n) is 11.5. The molecule has 11 heteroatoms. The summed E-state index contributed by atoms with van der Waals surface area (Å²) in [5.41, 5.74) is 6.73. The van der Waals surface area contributed by atoms with Crippen LogP contribution in [0.2, 0.25) is 0 Å². The van der Waals surface area contributed by atoms with Crippen LogP contribution in [-0.4, -0.2) is 101 Å². The molecule has 1 aromatic carbocycles. The number of thioether (sulfide) groups is 2. The molecule has 3 N–H and O–H groups in total. The van der Waals surface area contributed by atoms with Crippen molar-refractivity contribution in [3.63, 3.8) is 0 Å². The Morgan fingerprint density at radius 1 is 1.35 bits per heavy atom. The zero-order chi connectivity index (χ0) is 24.2. The zero-order valence-corrected chi connectivity index (χ0v) is 21.2. The van der Waals surface area contributed by atoms with Crippen molar-refractivity contribution in [2.45, 2.75) is 37.2 Å². The van der Waals surface area contributed by atoms with E-state index >= 15 is 0 Å². The van der Waals surface area contributed by atoms with Gasteiger partial charge in [0, 0.05) is 30.1 Å². The largest absolute Gasteiger partial charge is 0.495 e. The molecule has 3 aliphatic heterocycles. The van der Waals surface area contributed by atoms with Gasteiger partial charge < -0.3 is 30.1 Å². The minimum atomic E-state index is -1.08. The van der Waals surface area contributed by atoms with Crippen LogP contribution in [0.25, 0.3) is 0 Å². The highest BCUT2D eigenvalue weighted by Crippen LogP contribution is 2.36. The lowest BCUT2D eigenvalue weighted by molar-refractivity contribution is -0.127. The number of carboxylic acids is 1. The molecule has 2 atom stereocenters. The smallest absolute Gasteiger partial charge is 0.343 e. The van der Waals surface area contributed by atoms with Gasteiger partial charge in [0.2, 0.25) is 5.91 Å². The fraction of sp³-hybridized carbons (Fsp3) is 0.609. The Hall–Kier alpha value is -2.11. The lowest BCUT2D eigenvalue weighted by Gasteiger charge is -2.40. The molecule has 0 saturated carbocycles. The number of amides is 1. The van der Waals surface area contributed by atoms with Crippen LogP contribution in [0.1, 0.15) is 29.3 Å². The Bertz CT molecular complexity index is 954. The summed E-state index contributed by atoms with van der Waals surface area (Å²) < 4.78 is 11.6. The number of benzene rings is 1. The summed E-state index contributed by atoms with van der Waals surface area (Å²) >= 11 is 3.30. The number of aromatic carboxylic acids is 1. The van der Waals surface area contributed by atoms with E-state index in [1.807, 2.05) is 17.9 Å². The van der Waals surface area contributed by atoms with Gasteiger partial charge in [0.1, 0.15) is 23.2 Å². The lowest BCUT2D eigenvalue weighted by Crippen LogP contribution is -2.55. The number of nitrogens with zero attached hydrogens (tertiary/aromatic N) is 3. The molecule has 2 fully saturated rings. The molecule has 0 radical (unpaired) electrons. The highest BCUT2D eigenvalue weighted by atomic mass is 32.2. The summed E-state index contributed by atoms with van der Waals surface area (Å²) in [6.07, 6.45) is 1.34. The van der Waals surface area contributed by atoms with Crippen LogP contribution >= 0.6 is 23.5 Å². The number of methoxy groups -OCH3 is 1. The van der Waals surface area contributed by atoms with Crippen LogP contribution < -0.4 is 15.2 Å². The average Bonchev–Trinajstić information content (AvgIpc) is 3.46. The van der Waals surface area contributed by atoms with Gasteiger partial charge in [-0.05, 0) is 24.5 Å². The topological polar surface area (TPSA) is 118 Å². The molecule has 4 rings (SSSR count). The van der Waals surface area contributed by atoms with Crippen LogP contribution in [0, 0.1) is 0 Å². The Morgan fingerprint density at radius 2 is 2.15 bits per heavy atom. The summed E-state index contributed by atoms with van der Waals surface area (Å²) in [6.45, 7) is 5.61. The molecule has 2 saturated heterocycles. The molecule has 9 nitrogen and oxygen atoms in total. The maximum absolute atomic E-state index is 12.4. The molecule has 1 amide bonds. The quantitative estimate of drug-likeness (QED) is 0.515. The third-order valence-electron chi connectivity index (χ3n) is 6.18. The van der Waals surface area contributed by atoms with Crippen molar-refractivity contribution < 1.29 is 24.2 Å². The van der Waals surface area contributed by atoms with Crippen molar-refractivity contribution in [1.82, 2.24) is 9.80 Å². The molecule has 186 valence electrons. The van der Waals surface area contributed by atoms with Gasteiger partial charge in [-0.25, -0.2) is 4.79 Å². The van der Waals surface area contributed by atoms with Gasteiger partial charge in [0.15, 0.2) is 5.17 Å². The predicted molar refractivity (Wildman–Crippen MR) is 135 cm³/mol. The van der Waals surface area contributed by atoms with Crippen molar-refractivity contribution in [2.75, 3.05) is 51.3 Å². The maximum atomic E-state index is 12.4. The van der Waals surface area contributed by atoms with Gasteiger partial charge in [-0.1, -0.05) is 24.8 Å². The molecule has 3 aliphatic rings. The number of carbonyl (C=O) groups excluding carboxylic acids is 1. The summed E-state index contributed by atoms with van der Waals surface area (Å²) in [4.78, 5) is 33.0. The first-order valence-corrected chi connectivity index (χ1v) is 13.6. The number of hydrogen-bond acceptors (Lipinski definition) is 9. The molecular weight excluding hydrogens is 476 g/mol. The van der Waals surface area contributed by atoms with E-state index in [4.69, 9.17) is 15.2 Å². The second-order valence-corrected chi connectivity index (χ2v) is 11.3. The minimum Gasteiger partial charge on any atom is -0.495 e. The predicted octanol–water partition coefficient (Wildman–Crippen LogP) is 1.78. The van der Waals surface area contributed by atoms with Gasteiger partial charge in [-0.3, -0.25) is 9.79 Å². The number of ether oxygens (including phenoxy) is 2. The van der Waals surface area contributed by atoms with E-state index < -0.39 is 5.97 Å². The fourth-order valence-corrected chi connectivity index (χ4v) is 6.14. The number of nitrogens with two attached hydrogens (primary N) is 1. The van der Waals surface area contributed by atoms with Crippen LogP contribution in [0.5, 0.6) is 11.5 Å².